The summed E-state index contributed by atoms with van der Waals surface area (Å²) < 4.78 is 10.9. The van der Waals surface area contributed by atoms with Gasteiger partial charge in [-0.15, -0.1) is 0 Å². The maximum Gasteiger partial charge on any atom is 0.240 e. The quantitative estimate of drug-likeness (QED) is 0.800. The van der Waals surface area contributed by atoms with Gasteiger partial charge in [-0.3, -0.25) is 9.80 Å². The first-order valence-electron chi connectivity index (χ1n) is 8.39. The maximum absolute atomic E-state index is 5.47. The molecule has 0 bridgehead atoms. The molecule has 2 heterocycles. The van der Waals surface area contributed by atoms with Gasteiger partial charge in [0.25, 0.3) is 0 Å². The Kier molecular flexibility index (Phi) is 5.10. The zero-order valence-corrected chi connectivity index (χ0v) is 14.0. The van der Waals surface area contributed by atoms with Crippen LogP contribution in [0, 0.1) is 0 Å². The predicted molar refractivity (Wildman–Crippen MR) is 83.7 cm³/mol. The van der Waals surface area contributed by atoms with Crippen molar-refractivity contribution in [1.82, 2.24) is 19.9 Å². The number of hydrogen-bond acceptors (Lipinski definition) is 6. The minimum Gasteiger partial charge on any atom is -0.380 e. The standard InChI is InChI=1S/C16H28N4O2/c1-19(9-13-8-14(21-3)10-20(13)2)11-15-17-16(18-22-15)12-6-4-5-7-12/h12-14H,4-11H2,1-3H3/t13-,14-/m0/s1. The van der Waals surface area contributed by atoms with E-state index in [1.54, 1.807) is 7.11 Å². The van der Waals surface area contributed by atoms with Crippen LogP contribution in [0.25, 0.3) is 0 Å². The van der Waals surface area contributed by atoms with Crippen molar-refractivity contribution in [3.63, 3.8) is 0 Å². The largest absolute Gasteiger partial charge is 0.380 e. The van der Waals surface area contributed by atoms with Gasteiger partial charge in [0.1, 0.15) is 0 Å². The van der Waals surface area contributed by atoms with Crippen LogP contribution in [0.4, 0.5) is 0 Å². The van der Waals surface area contributed by atoms with Crippen LogP contribution in [0.1, 0.15) is 49.7 Å². The molecule has 1 saturated carbocycles. The van der Waals surface area contributed by atoms with Crippen molar-refractivity contribution >= 4 is 0 Å². The number of likely N-dealkylation sites (N-methyl/N-ethyl adjacent to an activating group) is 2. The Hall–Kier alpha value is -0.980. The fourth-order valence-corrected chi connectivity index (χ4v) is 3.75. The minimum absolute atomic E-state index is 0.362. The monoisotopic (exact) mass is 308 g/mol. The fraction of sp³-hybridized carbons (Fsp3) is 0.875. The number of nitrogens with zero attached hydrogens (tertiary/aromatic N) is 4. The lowest BCUT2D eigenvalue weighted by Crippen LogP contribution is -2.36. The van der Waals surface area contributed by atoms with Crippen molar-refractivity contribution in [1.29, 1.82) is 0 Å². The van der Waals surface area contributed by atoms with Crippen LogP contribution in [-0.2, 0) is 11.3 Å². The lowest BCUT2D eigenvalue weighted by Gasteiger charge is -2.24. The molecule has 0 unspecified atom stereocenters. The van der Waals surface area contributed by atoms with Crippen LogP contribution >= 0.6 is 0 Å². The second-order valence-corrected chi connectivity index (χ2v) is 6.91. The maximum atomic E-state index is 5.47. The summed E-state index contributed by atoms with van der Waals surface area (Å²) in [7, 11) is 6.09. The second-order valence-electron chi connectivity index (χ2n) is 6.91. The van der Waals surface area contributed by atoms with Crippen LogP contribution in [0.15, 0.2) is 4.52 Å². The van der Waals surface area contributed by atoms with Gasteiger partial charge >= 0.3 is 0 Å². The molecular weight excluding hydrogens is 280 g/mol. The van der Waals surface area contributed by atoms with Gasteiger partial charge in [0, 0.05) is 32.2 Å². The topological polar surface area (TPSA) is 54.6 Å². The molecule has 0 spiro atoms. The van der Waals surface area contributed by atoms with Crippen LogP contribution in [-0.4, -0.2) is 66.4 Å². The lowest BCUT2D eigenvalue weighted by molar-refractivity contribution is 0.111. The van der Waals surface area contributed by atoms with Crippen LogP contribution < -0.4 is 0 Å². The second kappa shape index (κ2) is 7.06. The smallest absolute Gasteiger partial charge is 0.240 e. The van der Waals surface area contributed by atoms with E-state index in [1.165, 1.54) is 25.7 Å². The molecule has 1 aromatic heterocycles. The summed E-state index contributed by atoms with van der Waals surface area (Å²) in [5, 5.41) is 4.18. The van der Waals surface area contributed by atoms with E-state index < -0.39 is 0 Å². The summed E-state index contributed by atoms with van der Waals surface area (Å²) in [6.07, 6.45) is 6.46. The number of aromatic nitrogens is 2. The first-order valence-corrected chi connectivity index (χ1v) is 8.39. The average molecular weight is 308 g/mol. The highest BCUT2D eigenvalue weighted by Crippen LogP contribution is 2.32. The zero-order chi connectivity index (χ0) is 15.5. The van der Waals surface area contributed by atoms with Crippen LogP contribution in [0.5, 0.6) is 0 Å². The molecule has 6 nitrogen and oxygen atoms in total. The molecule has 1 aromatic rings. The first kappa shape index (κ1) is 15.9. The molecule has 3 rings (SSSR count). The molecular formula is C16H28N4O2. The Morgan fingerprint density at radius 3 is 2.82 bits per heavy atom. The van der Waals surface area contributed by atoms with Crippen molar-refractivity contribution < 1.29 is 9.26 Å². The van der Waals surface area contributed by atoms with E-state index >= 15 is 0 Å². The summed E-state index contributed by atoms with van der Waals surface area (Å²) in [6.45, 7) is 2.74. The Balaban J connectivity index is 1.50. The highest BCUT2D eigenvalue weighted by Gasteiger charge is 2.30. The third-order valence-electron chi connectivity index (χ3n) is 5.11. The molecule has 0 radical (unpaired) electrons. The molecule has 1 saturated heterocycles. The predicted octanol–water partition coefficient (Wildman–Crippen LogP) is 1.88. The molecule has 124 valence electrons. The van der Waals surface area contributed by atoms with Crippen molar-refractivity contribution in [3.8, 4) is 0 Å². The number of rotatable bonds is 6. The van der Waals surface area contributed by atoms with Crippen LogP contribution in [0.2, 0.25) is 0 Å². The van der Waals surface area contributed by atoms with Gasteiger partial charge in [0.05, 0.1) is 12.6 Å². The molecule has 1 aliphatic heterocycles. The van der Waals surface area contributed by atoms with Gasteiger partial charge in [-0.1, -0.05) is 18.0 Å². The van der Waals surface area contributed by atoms with Gasteiger partial charge in [0.2, 0.25) is 5.89 Å². The Morgan fingerprint density at radius 2 is 2.14 bits per heavy atom. The molecule has 0 N–H and O–H groups in total. The van der Waals surface area contributed by atoms with E-state index in [4.69, 9.17) is 9.26 Å². The van der Waals surface area contributed by atoms with E-state index in [-0.39, 0.29) is 0 Å². The first-order chi connectivity index (χ1) is 10.7. The number of hydrogen-bond donors (Lipinski definition) is 0. The molecule has 0 amide bonds. The van der Waals surface area contributed by atoms with Gasteiger partial charge in [-0.05, 0) is 33.4 Å². The van der Waals surface area contributed by atoms with Crippen molar-refractivity contribution in [2.45, 2.75) is 56.7 Å². The van der Waals surface area contributed by atoms with Gasteiger partial charge in [-0.2, -0.15) is 4.98 Å². The number of ether oxygens (including phenoxy) is 1. The van der Waals surface area contributed by atoms with E-state index in [0.29, 0.717) is 18.1 Å². The van der Waals surface area contributed by atoms with Crippen molar-refractivity contribution in [2.75, 3.05) is 34.3 Å². The Labute approximate surface area is 132 Å². The summed E-state index contributed by atoms with van der Waals surface area (Å²) in [5.74, 6) is 2.18. The third kappa shape index (κ3) is 3.67. The van der Waals surface area contributed by atoms with Gasteiger partial charge in [0.15, 0.2) is 5.82 Å². The Morgan fingerprint density at radius 1 is 1.36 bits per heavy atom. The fourth-order valence-electron chi connectivity index (χ4n) is 3.75. The van der Waals surface area contributed by atoms with Gasteiger partial charge in [-0.25, -0.2) is 0 Å². The normalized spacial score (nSPS) is 27.3. The highest BCUT2D eigenvalue weighted by atomic mass is 16.5. The SMILES string of the molecule is CO[C@H]1C[C@@H](CN(C)Cc2nc(C3CCCC3)no2)N(C)C1. The minimum atomic E-state index is 0.362. The number of methoxy groups -OCH3 is 1. The number of likely N-dealkylation sites (tertiary alicyclic amines) is 1. The molecule has 2 atom stereocenters. The molecule has 6 heteroatoms. The van der Waals surface area contributed by atoms with Gasteiger partial charge < -0.3 is 9.26 Å². The van der Waals surface area contributed by atoms with E-state index in [2.05, 4.69) is 34.0 Å². The van der Waals surface area contributed by atoms with Crippen LogP contribution in [0.3, 0.4) is 0 Å². The third-order valence-corrected chi connectivity index (χ3v) is 5.11. The van der Waals surface area contributed by atoms with Crippen molar-refractivity contribution in [2.24, 2.45) is 0 Å². The lowest BCUT2D eigenvalue weighted by atomic mass is 10.1. The summed E-state index contributed by atoms with van der Waals surface area (Å²) in [4.78, 5) is 9.25. The van der Waals surface area contributed by atoms with E-state index in [1.807, 2.05) is 0 Å². The molecule has 2 fully saturated rings. The molecule has 1 aliphatic carbocycles. The summed E-state index contributed by atoms with van der Waals surface area (Å²) in [6, 6.07) is 0.534. The summed E-state index contributed by atoms with van der Waals surface area (Å²) in [5.41, 5.74) is 0. The van der Waals surface area contributed by atoms with E-state index in [0.717, 1.165) is 37.8 Å². The average Bonchev–Trinajstić information content (AvgIpc) is 3.20. The zero-order valence-electron chi connectivity index (χ0n) is 14.0. The summed E-state index contributed by atoms with van der Waals surface area (Å²) >= 11 is 0. The Bertz CT molecular complexity index is 472. The van der Waals surface area contributed by atoms with Crippen molar-refractivity contribution in [3.05, 3.63) is 11.7 Å². The highest BCUT2D eigenvalue weighted by molar-refractivity contribution is 4.98. The van der Waals surface area contributed by atoms with E-state index in [9.17, 15) is 0 Å². The molecule has 2 aliphatic rings. The molecule has 22 heavy (non-hydrogen) atoms. The molecule has 0 aromatic carbocycles.